The second kappa shape index (κ2) is 11.5. The summed E-state index contributed by atoms with van der Waals surface area (Å²) in [5.41, 5.74) is 7.37. The van der Waals surface area contributed by atoms with Crippen LogP contribution >= 0.6 is 12.4 Å². The minimum Gasteiger partial charge on any atom is -0.491 e. The van der Waals surface area contributed by atoms with E-state index >= 15 is 0 Å². The van der Waals surface area contributed by atoms with Gasteiger partial charge in [-0.3, -0.25) is 4.79 Å². The Hall–Kier alpha value is -2.08. The van der Waals surface area contributed by atoms with Crippen molar-refractivity contribution in [3.63, 3.8) is 0 Å². The van der Waals surface area contributed by atoms with Crippen molar-refractivity contribution in [3.05, 3.63) is 60.2 Å². The van der Waals surface area contributed by atoms with Gasteiger partial charge in [0.05, 0.1) is 13.2 Å². The molecule has 2 rings (SSSR count). The van der Waals surface area contributed by atoms with Gasteiger partial charge in [-0.2, -0.15) is 0 Å². The maximum atomic E-state index is 11.7. The normalized spacial score (nSPS) is 11.3. The molecule has 136 valence electrons. The molecule has 0 aliphatic heterocycles. The molecule has 0 spiro atoms. The Labute approximate surface area is 154 Å². The van der Waals surface area contributed by atoms with Gasteiger partial charge in [0.2, 0.25) is 5.91 Å². The van der Waals surface area contributed by atoms with Crippen molar-refractivity contribution < 1.29 is 14.3 Å². The molecule has 25 heavy (non-hydrogen) atoms. The third kappa shape index (κ3) is 8.54. The minimum absolute atomic E-state index is 0. The quantitative estimate of drug-likeness (QED) is 0.669. The van der Waals surface area contributed by atoms with Crippen LogP contribution in [0.25, 0.3) is 0 Å². The molecule has 1 unspecified atom stereocenters. The molecule has 5 nitrogen and oxygen atoms in total. The van der Waals surface area contributed by atoms with Crippen LogP contribution < -0.4 is 15.8 Å². The number of nitrogens with two attached hydrogens (primary N) is 1. The highest BCUT2D eigenvalue weighted by molar-refractivity contribution is 5.91. The van der Waals surface area contributed by atoms with E-state index in [1.165, 1.54) is 0 Å². The number of carbonyl (C=O) groups is 1. The summed E-state index contributed by atoms with van der Waals surface area (Å²) in [6.07, 6.45) is 0.303. The number of rotatable bonds is 9. The zero-order valence-corrected chi connectivity index (χ0v) is 15.1. The fourth-order valence-corrected chi connectivity index (χ4v) is 2.17. The van der Waals surface area contributed by atoms with Crippen molar-refractivity contribution in [1.29, 1.82) is 0 Å². The van der Waals surface area contributed by atoms with Crippen LogP contribution in [0.3, 0.4) is 0 Å². The molecule has 0 saturated carbocycles. The SMILES string of the molecule is CC(N)CC(=O)Nc1cccc(COCCOc2ccccc2)c1.Cl. The van der Waals surface area contributed by atoms with Crippen LogP contribution in [0, 0.1) is 0 Å². The molecule has 3 N–H and O–H groups in total. The first-order valence-corrected chi connectivity index (χ1v) is 8.03. The number of para-hydroxylation sites is 1. The van der Waals surface area contributed by atoms with E-state index in [1.807, 2.05) is 54.6 Å². The maximum Gasteiger partial charge on any atom is 0.225 e. The zero-order valence-electron chi connectivity index (χ0n) is 14.3. The summed E-state index contributed by atoms with van der Waals surface area (Å²) in [5, 5.41) is 2.84. The number of hydrogen-bond acceptors (Lipinski definition) is 4. The van der Waals surface area contributed by atoms with Crippen LogP contribution in [0.4, 0.5) is 5.69 Å². The molecule has 0 radical (unpaired) electrons. The summed E-state index contributed by atoms with van der Waals surface area (Å²) in [7, 11) is 0. The van der Waals surface area contributed by atoms with Gasteiger partial charge in [-0.05, 0) is 36.8 Å². The van der Waals surface area contributed by atoms with Crippen LogP contribution in [-0.4, -0.2) is 25.2 Å². The number of amides is 1. The fourth-order valence-electron chi connectivity index (χ4n) is 2.17. The van der Waals surface area contributed by atoms with E-state index in [1.54, 1.807) is 6.92 Å². The molecule has 6 heteroatoms. The second-order valence-electron chi connectivity index (χ2n) is 5.64. The van der Waals surface area contributed by atoms with E-state index in [-0.39, 0.29) is 24.4 Å². The van der Waals surface area contributed by atoms with Gasteiger partial charge in [-0.15, -0.1) is 12.4 Å². The number of hydrogen-bond donors (Lipinski definition) is 2. The fraction of sp³-hybridized carbons (Fsp3) is 0.316. The first kappa shape index (κ1) is 21.0. The number of carbonyl (C=O) groups excluding carboxylic acids is 1. The van der Waals surface area contributed by atoms with Crippen molar-refractivity contribution in [2.75, 3.05) is 18.5 Å². The molecule has 1 amide bonds. The van der Waals surface area contributed by atoms with Gasteiger partial charge in [0.25, 0.3) is 0 Å². The number of halogens is 1. The van der Waals surface area contributed by atoms with E-state index in [0.29, 0.717) is 26.2 Å². The van der Waals surface area contributed by atoms with Crippen molar-refractivity contribution in [1.82, 2.24) is 0 Å². The highest BCUT2D eigenvalue weighted by Crippen LogP contribution is 2.12. The summed E-state index contributed by atoms with van der Waals surface area (Å²) < 4.78 is 11.2. The van der Waals surface area contributed by atoms with Gasteiger partial charge in [-0.1, -0.05) is 30.3 Å². The lowest BCUT2D eigenvalue weighted by atomic mass is 10.2. The van der Waals surface area contributed by atoms with Crippen LogP contribution in [0.15, 0.2) is 54.6 Å². The second-order valence-corrected chi connectivity index (χ2v) is 5.64. The molecule has 0 aliphatic carbocycles. The molecule has 2 aromatic rings. The van der Waals surface area contributed by atoms with E-state index in [4.69, 9.17) is 15.2 Å². The molecule has 0 heterocycles. The molecule has 0 bridgehead atoms. The highest BCUT2D eigenvalue weighted by Gasteiger charge is 2.05. The molecular weight excluding hydrogens is 340 g/mol. The lowest BCUT2D eigenvalue weighted by molar-refractivity contribution is -0.116. The zero-order chi connectivity index (χ0) is 17.2. The number of benzene rings is 2. The predicted octanol–water partition coefficient (Wildman–Crippen LogP) is 3.38. The molecule has 0 aromatic heterocycles. The molecule has 1 atom stereocenters. The van der Waals surface area contributed by atoms with Crippen molar-refractivity contribution in [2.45, 2.75) is 26.0 Å². The van der Waals surface area contributed by atoms with Crippen LogP contribution in [0.2, 0.25) is 0 Å². The van der Waals surface area contributed by atoms with Crippen molar-refractivity contribution in [3.8, 4) is 5.75 Å². The van der Waals surface area contributed by atoms with Gasteiger partial charge in [-0.25, -0.2) is 0 Å². The smallest absolute Gasteiger partial charge is 0.225 e. The number of ether oxygens (including phenoxy) is 2. The average Bonchev–Trinajstić information content (AvgIpc) is 2.55. The largest absolute Gasteiger partial charge is 0.491 e. The van der Waals surface area contributed by atoms with Crippen molar-refractivity contribution >= 4 is 24.0 Å². The maximum absolute atomic E-state index is 11.7. The van der Waals surface area contributed by atoms with Crippen LogP contribution in [0.5, 0.6) is 5.75 Å². The number of anilines is 1. The highest BCUT2D eigenvalue weighted by atomic mass is 35.5. The predicted molar refractivity (Wildman–Crippen MR) is 102 cm³/mol. The Morgan fingerprint density at radius 3 is 2.60 bits per heavy atom. The molecule has 0 fully saturated rings. The summed E-state index contributed by atoms with van der Waals surface area (Å²) in [4.78, 5) is 11.7. The number of nitrogens with one attached hydrogen (secondary N) is 1. The van der Waals surface area contributed by atoms with E-state index in [9.17, 15) is 4.79 Å². The minimum atomic E-state index is -0.152. The third-order valence-corrected chi connectivity index (χ3v) is 3.23. The Balaban J connectivity index is 0.00000312. The summed E-state index contributed by atoms with van der Waals surface area (Å²) in [6, 6.07) is 17.1. The standard InChI is InChI=1S/C19H24N2O3.ClH/c1-15(20)12-19(22)21-17-7-5-6-16(13-17)14-23-10-11-24-18-8-3-2-4-9-18;/h2-9,13,15H,10-12,14,20H2,1H3,(H,21,22);1H. The monoisotopic (exact) mass is 364 g/mol. The molecular formula is C19H25ClN2O3. The third-order valence-electron chi connectivity index (χ3n) is 3.23. The Morgan fingerprint density at radius 1 is 1.12 bits per heavy atom. The summed E-state index contributed by atoms with van der Waals surface area (Å²) >= 11 is 0. The van der Waals surface area contributed by atoms with Crippen molar-refractivity contribution in [2.24, 2.45) is 5.73 Å². The van der Waals surface area contributed by atoms with Gasteiger partial charge < -0.3 is 20.5 Å². The lowest BCUT2D eigenvalue weighted by Crippen LogP contribution is -2.24. The van der Waals surface area contributed by atoms with E-state index < -0.39 is 0 Å². The van der Waals surface area contributed by atoms with E-state index in [0.717, 1.165) is 17.0 Å². The Bertz CT molecular complexity index is 636. The van der Waals surface area contributed by atoms with Gasteiger partial charge >= 0.3 is 0 Å². The van der Waals surface area contributed by atoms with Gasteiger partial charge in [0, 0.05) is 18.2 Å². The molecule has 2 aromatic carbocycles. The lowest BCUT2D eigenvalue weighted by Gasteiger charge is -2.10. The first-order valence-electron chi connectivity index (χ1n) is 8.03. The average molecular weight is 365 g/mol. The van der Waals surface area contributed by atoms with Gasteiger partial charge in [0.1, 0.15) is 12.4 Å². The Kier molecular flexibility index (Phi) is 9.62. The first-order chi connectivity index (χ1) is 11.6. The molecule has 0 aliphatic rings. The van der Waals surface area contributed by atoms with Crippen LogP contribution in [-0.2, 0) is 16.1 Å². The van der Waals surface area contributed by atoms with Crippen LogP contribution in [0.1, 0.15) is 18.9 Å². The topological polar surface area (TPSA) is 73.6 Å². The Morgan fingerprint density at radius 2 is 1.88 bits per heavy atom. The molecule has 0 saturated heterocycles. The van der Waals surface area contributed by atoms with Gasteiger partial charge in [0.15, 0.2) is 0 Å². The summed E-state index contributed by atoms with van der Waals surface area (Å²) in [6.45, 7) is 3.27. The van der Waals surface area contributed by atoms with E-state index in [2.05, 4.69) is 5.32 Å². The summed E-state index contributed by atoms with van der Waals surface area (Å²) in [5.74, 6) is 0.749.